The molecule has 0 bridgehead atoms. The van der Waals surface area contributed by atoms with Crippen molar-refractivity contribution < 1.29 is 13.9 Å². The lowest BCUT2D eigenvalue weighted by atomic mass is 10.1. The van der Waals surface area contributed by atoms with Gasteiger partial charge in [0.1, 0.15) is 11.9 Å². The standard InChI is InChI=1S/C9H9BrFNO2.ClH/c1-14-9(13)8(12)5-3-2-4-6(10)7(5)11;/h2-4,8H,12H2,1H3;1H/t8-;/m1./s1. The van der Waals surface area contributed by atoms with Crippen LogP contribution in [0.4, 0.5) is 4.39 Å². The third-order valence-electron chi connectivity index (χ3n) is 1.77. The molecule has 0 radical (unpaired) electrons. The number of methoxy groups -OCH3 is 1. The number of carbonyl (C=O) groups excluding carboxylic acids is 1. The largest absolute Gasteiger partial charge is 0.468 e. The fraction of sp³-hybridized carbons (Fsp3) is 0.222. The molecule has 0 amide bonds. The first-order chi connectivity index (χ1) is 6.57. The molecule has 0 unspecified atom stereocenters. The second kappa shape index (κ2) is 6.05. The summed E-state index contributed by atoms with van der Waals surface area (Å²) in [6, 6.07) is 3.49. The first-order valence-electron chi connectivity index (χ1n) is 3.85. The Morgan fingerprint density at radius 3 is 2.73 bits per heavy atom. The lowest BCUT2D eigenvalue weighted by Gasteiger charge is -2.10. The molecule has 0 fully saturated rings. The van der Waals surface area contributed by atoms with Gasteiger partial charge in [0, 0.05) is 5.56 Å². The molecule has 0 saturated heterocycles. The Labute approximate surface area is 101 Å². The number of halogens is 3. The SMILES string of the molecule is COC(=O)[C@H](N)c1cccc(Br)c1F.Cl. The number of ether oxygens (including phenoxy) is 1. The summed E-state index contributed by atoms with van der Waals surface area (Å²) in [5.74, 6) is -1.20. The average Bonchev–Trinajstić information content (AvgIpc) is 2.20. The molecule has 0 saturated carbocycles. The van der Waals surface area contributed by atoms with Crippen LogP contribution in [0.25, 0.3) is 0 Å². The molecular formula is C9H10BrClFNO2. The van der Waals surface area contributed by atoms with Gasteiger partial charge in [-0.25, -0.2) is 4.39 Å². The molecule has 1 aromatic carbocycles. The molecule has 1 aromatic rings. The zero-order valence-electron chi connectivity index (χ0n) is 7.87. The maximum absolute atomic E-state index is 13.4. The van der Waals surface area contributed by atoms with Crippen molar-refractivity contribution in [3.8, 4) is 0 Å². The predicted octanol–water partition coefficient (Wildman–Crippen LogP) is 2.18. The van der Waals surface area contributed by atoms with Crippen LogP contribution in [-0.4, -0.2) is 13.1 Å². The first kappa shape index (κ1) is 14.3. The Bertz CT molecular complexity index is 362. The lowest BCUT2D eigenvalue weighted by molar-refractivity contribution is -0.142. The Morgan fingerprint density at radius 1 is 1.60 bits per heavy atom. The van der Waals surface area contributed by atoms with E-state index in [1.807, 2.05) is 0 Å². The first-order valence-corrected chi connectivity index (χ1v) is 4.64. The van der Waals surface area contributed by atoms with E-state index in [4.69, 9.17) is 5.73 Å². The van der Waals surface area contributed by atoms with Crippen LogP contribution in [0.15, 0.2) is 22.7 Å². The molecule has 0 aliphatic rings. The Balaban J connectivity index is 0.00000196. The van der Waals surface area contributed by atoms with Gasteiger partial charge in [-0.1, -0.05) is 12.1 Å². The maximum Gasteiger partial charge on any atom is 0.327 e. The fourth-order valence-electron chi connectivity index (χ4n) is 1.01. The average molecular weight is 299 g/mol. The number of hydrogen-bond donors (Lipinski definition) is 1. The summed E-state index contributed by atoms with van der Waals surface area (Å²) in [6.45, 7) is 0. The Hall–Kier alpha value is -0.650. The number of benzene rings is 1. The monoisotopic (exact) mass is 297 g/mol. The van der Waals surface area contributed by atoms with Gasteiger partial charge >= 0.3 is 5.97 Å². The van der Waals surface area contributed by atoms with Crippen molar-refractivity contribution in [2.75, 3.05) is 7.11 Å². The summed E-state index contributed by atoms with van der Waals surface area (Å²) in [6.07, 6.45) is 0. The van der Waals surface area contributed by atoms with Crippen molar-refractivity contribution in [2.45, 2.75) is 6.04 Å². The minimum atomic E-state index is -1.09. The van der Waals surface area contributed by atoms with Gasteiger partial charge in [-0.15, -0.1) is 12.4 Å². The van der Waals surface area contributed by atoms with E-state index >= 15 is 0 Å². The highest BCUT2D eigenvalue weighted by Gasteiger charge is 2.20. The van der Waals surface area contributed by atoms with Gasteiger partial charge < -0.3 is 10.5 Å². The van der Waals surface area contributed by atoms with Gasteiger partial charge in [-0.05, 0) is 22.0 Å². The van der Waals surface area contributed by atoms with E-state index in [1.165, 1.54) is 19.2 Å². The molecule has 0 heterocycles. The summed E-state index contributed by atoms with van der Waals surface area (Å²) in [5, 5.41) is 0. The number of carbonyl (C=O) groups is 1. The highest BCUT2D eigenvalue weighted by molar-refractivity contribution is 9.10. The van der Waals surface area contributed by atoms with E-state index in [-0.39, 0.29) is 22.4 Å². The van der Waals surface area contributed by atoms with Gasteiger partial charge in [0.05, 0.1) is 11.6 Å². The zero-order valence-corrected chi connectivity index (χ0v) is 10.3. The summed E-state index contributed by atoms with van der Waals surface area (Å²) in [5.41, 5.74) is 5.60. The molecule has 84 valence electrons. The van der Waals surface area contributed by atoms with Gasteiger partial charge in [-0.2, -0.15) is 0 Å². The van der Waals surface area contributed by atoms with Gasteiger partial charge in [0.25, 0.3) is 0 Å². The topological polar surface area (TPSA) is 52.3 Å². The van der Waals surface area contributed by atoms with Crippen molar-refractivity contribution in [1.29, 1.82) is 0 Å². The van der Waals surface area contributed by atoms with E-state index in [2.05, 4.69) is 20.7 Å². The van der Waals surface area contributed by atoms with Crippen molar-refractivity contribution in [2.24, 2.45) is 5.73 Å². The van der Waals surface area contributed by atoms with Crippen LogP contribution in [0.2, 0.25) is 0 Å². The van der Waals surface area contributed by atoms with Crippen LogP contribution >= 0.6 is 28.3 Å². The van der Waals surface area contributed by atoms with Crippen LogP contribution in [0.5, 0.6) is 0 Å². The molecular weight excluding hydrogens is 288 g/mol. The molecule has 0 aromatic heterocycles. The minimum absolute atomic E-state index is 0. The second-order valence-corrected chi connectivity index (χ2v) is 3.50. The predicted molar refractivity (Wildman–Crippen MR) is 60.3 cm³/mol. The van der Waals surface area contributed by atoms with Crippen LogP contribution < -0.4 is 5.73 Å². The number of rotatable bonds is 2. The van der Waals surface area contributed by atoms with Gasteiger partial charge in [0.15, 0.2) is 0 Å². The van der Waals surface area contributed by atoms with E-state index in [0.717, 1.165) is 0 Å². The van der Waals surface area contributed by atoms with E-state index in [9.17, 15) is 9.18 Å². The lowest BCUT2D eigenvalue weighted by Crippen LogP contribution is -2.23. The number of esters is 1. The third-order valence-corrected chi connectivity index (χ3v) is 2.38. The van der Waals surface area contributed by atoms with E-state index in [0.29, 0.717) is 0 Å². The number of hydrogen-bond acceptors (Lipinski definition) is 3. The van der Waals surface area contributed by atoms with E-state index < -0.39 is 17.8 Å². The van der Waals surface area contributed by atoms with Crippen LogP contribution in [0.3, 0.4) is 0 Å². The van der Waals surface area contributed by atoms with Crippen molar-refractivity contribution in [3.63, 3.8) is 0 Å². The molecule has 6 heteroatoms. The second-order valence-electron chi connectivity index (χ2n) is 2.64. The van der Waals surface area contributed by atoms with Crippen LogP contribution in [0.1, 0.15) is 11.6 Å². The van der Waals surface area contributed by atoms with Crippen molar-refractivity contribution in [1.82, 2.24) is 0 Å². The molecule has 1 rings (SSSR count). The summed E-state index contributed by atoms with van der Waals surface area (Å²) in [4.78, 5) is 11.0. The summed E-state index contributed by atoms with van der Waals surface area (Å²) in [7, 11) is 1.21. The molecule has 0 aliphatic carbocycles. The maximum atomic E-state index is 13.4. The highest BCUT2D eigenvalue weighted by Crippen LogP contribution is 2.23. The highest BCUT2D eigenvalue weighted by atomic mass is 79.9. The molecule has 0 spiro atoms. The summed E-state index contributed by atoms with van der Waals surface area (Å²) < 4.78 is 18.1. The summed E-state index contributed by atoms with van der Waals surface area (Å²) >= 11 is 3.00. The molecule has 0 aliphatic heterocycles. The molecule has 1 atom stereocenters. The third kappa shape index (κ3) is 3.15. The normalized spacial score (nSPS) is 11.5. The number of nitrogens with two attached hydrogens (primary N) is 1. The quantitative estimate of drug-likeness (QED) is 0.852. The van der Waals surface area contributed by atoms with Gasteiger partial charge in [-0.3, -0.25) is 4.79 Å². The van der Waals surface area contributed by atoms with Crippen molar-refractivity contribution >= 4 is 34.3 Å². The minimum Gasteiger partial charge on any atom is -0.468 e. The zero-order chi connectivity index (χ0) is 10.7. The van der Waals surface area contributed by atoms with Crippen LogP contribution in [0, 0.1) is 5.82 Å². The van der Waals surface area contributed by atoms with Gasteiger partial charge in [0.2, 0.25) is 0 Å². The molecule has 3 nitrogen and oxygen atoms in total. The van der Waals surface area contributed by atoms with Crippen LogP contribution in [-0.2, 0) is 9.53 Å². The van der Waals surface area contributed by atoms with Crippen molar-refractivity contribution in [3.05, 3.63) is 34.1 Å². The van der Waals surface area contributed by atoms with E-state index in [1.54, 1.807) is 6.07 Å². The Morgan fingerprint density at radius 2 is 2.20 bits per heavy atom. The Kier molecular flexibility index (Phi) is 5.79. The fourth-order valence-corrected chi connectivity index (χ4v) is 1.40. The molecule has 2 N–H and O–H groups in total. The smallest absolute Gasteiger partial charge is 0.327 e. The molecule has 15 heavy (non-hydrogen) atoms.